The largest absolute Gasteiger partial charge is 0.494 e. The highest BCUT2D eigenvalue weighted by Crippen LogP contribution is 2.33. The monoisotopic (exact) mass is 417 g/mol. The SMILES string of the molecule is C=CC(=O)NCCCOc1ccc(C(C)(C)c2ccc(OCC(F)CF)cc2)cc1. The van der Waals surface area contributed by atoms with E-state index in [4.69, 9.17) is 9.47 Å². The average Bonchev–Trinajstić information content (AvgIpc) is 2.77. The molecule has 0 aromatic heterocycles. The van der Waals surface area contributed by atoms with Crippen molar-refractivity contribution in [3.05, 3.63) is 72.3 Å². The van der Waals surface area contributed by atoms with Crippen LogP contribution in [-0.2, 0) is 10.2 Å². The molecule has 1 unspecified atom stereocenters. The molecule has 0 saturated carbocycles. The first-order chi connectivity index (χ1) is 14.4. The van der Waals surface area contributed by atoms with Crippen LogP contribution in [0.2, 0.25) is 0 Å². The maximum atomic E-state index is 13.0. The standard InChI is InChI=1S/C24H29F2NO3/c1-4-23(28)27-14-5-15-29-21-10-6-18(7-11-21)24(2,3)19-8-12-22(13-9-19)30-17-20(26)16-25/h4,6-13,20H,1,5,14-17H2,2-3H3,(H,27,28). The number of benzene rings is 2. The van der Waals surface area contributed by atoms with E-state index >= 15 is 0 Å². The van der Waals surface area contributed by atoms with Crippen molar-refractivity contribution in [1.29, 1.82) is 0 Å². The van der Waals surface area contributed by atoms with Crippen LogP contribution in [0.4, 0.5) is 8.78 Å². The summed E-state index contributed by atoms with van der Waals surface area (Å²) in [5.74, 6) is 1.09. The Labute approximate surface area is 176 Å². The van der Waals surface area contributed by atoms with Crippen LogP contribution in [0.15, 0.2) is 61.2 Å². The molecule has 1 amide bonds. The lowest BCUT2D eigenvalue weighted by atomic mass is 9.78. The molecule has 0 aliphatic rings. The molecule has 2 aromatic carbocycles. The first-order valence-corrected chi connectivity index (χ1v) is 9.93. The maximum absolute atomic E-state index is 13.0. The van der Waals surface area contributed by atoms with Gasteiger partial charge >= 0.3 is 0 Å². The summed E-state index contributed by atoms with van der Waals surface area (Å²) in [4.78, 5) is 11.1. The van der Waals surface area contributed by atoms with Gasteiger partial charge in [0.05, 0.1) is 6.61 Å². The summed E-state index contributed by atoms with van der Waals surface area (Å²) in [5, 5.41) is 2.70. The topological polar surface area (TPSA) is 47.6 Å². The number of nitrogens with one attached hydrogen (secondary N) is 1. The Balaban J connectivity index is 1.91. The summed E-state index contributed by atoms with van der Waals surface area (Å²) in [6.45, 7) is 7.33. The first kappa shape index (κ1) is 23.4. The van der Waals surface area contributed by atoms with Gasteiger partial charge in [0.1, 0.15) is 24.8 Å². The van der Waals surface area contributed by atoms with Crippen LogP contribution < -0.4 is 14.8 Å². The van der Waals surface area contributed by atoms with E-state index in [1.54, 1.807) is 12.1 Å². The molecule has 6 heteroatoms. The van der Waals surface area contributed by atoms with Crippen molar-refractivity contribution in [3.8, 4) is 11.5 Å². The number of amides is 1. The molecular weight excluding hydrogens is 388 g/mol. The number of carbonyl (C=O) groups is 1. The molecule has 0 saturated heterocycles. The molecule has 0 heterocycles. The minimum absolute atomic E-state index is 0.187. The van der Waals surface area contributed by atoms with Crippen molar-refractivity contribution >= 4 is 5.91 Å². The Hall–Kier alpha value is -2.89. The number of alkyl halides is 2. The summed E-state index contributed by atoms with van der Waals surface area (Å²) in [7, 11) is 0. The first-order valence-electron chi connectivity index (χ1n) is 9.93. The number of rotatable bonds is 12. The van der Waals surface area contributed by atoms with Crippen LogP contribution in [0.5, 0.6) is 11.5 Å². The quantitative estimate of drug-likeness (QED) is 0.400. The zero-order valence-electron chi connectivity index (χ0n) is 17.5. The second-order valence-corrected chi connectivity index (χ2v) is 7.43. The van der Waals surface area contributed by atoms with E-state index in [1.165, 1.54) is 6.08 Å². The lowest BCUT2D eigenvalue weighted by Crippen LogP contribution is -2.23. The van der Waals surface area contributed by atoms with Gasteiger partial charge in [-0.1, -0.05) is 44.7 Å². The molecule has 0 radical (unpaired) electrons. The van der Waals surface area contributed by atoms with Gasteiger partial charge in [0.2, 0.25) is 5.91 Å². The number of carbonyl (C=O) groups excluding carboxylic acids is 1. The molecule has 1 atom stereocenters. The third-order valence-electron chi connectivity index (χ3n) is 4.82. The van der Waals surface area contributed by atoms with Gasteiger partial charge in [-0.25, -0.2) is 8.78 Å². The molecule has 0 spiro atoms. The molecule has 30 heavy (non-hydrogen) atoms. The summed E-state index contributed by atoms with van der Waals surface area (Å²) >= 11 is 0. The molecule has 4 nitrogen and oxygen atoms in total. The third-order valence-corrected chi connectivity index (χ3v) is 4.82. The van der Waals surface area contributed by atoms with E-state index in [0.29, 0.717) is 25.3 Å². The van der Waals surface area contributed by atoms with Gasteiger partial charge in [-0.05, 0) is 47.9 Å². The predicted molar refractivity (Wildman–Crippen MR) is 115 cm³/mol. The van der Waals surface area contributed by atoms with Gasteiger partial charge in [-0.3, -0.25) is 4.79 Å². The second kappa shape index (κ2) is 11.3. The zero-order chi connectivity index (χ0) is 22.0. The molecule has 162 valence electrons. The van der Waals surface area contributed by atoms with Gasteiger partial charge in [0.25, 0.3) is 0 Å². The Bertz CT molecular complexity index is 804. The van der Waals surface area contributed by atoms with Crippen molar-refractivity contribution in [3.63, 3.8) is 0 Å². The lowest BCUT2D eigenvalue weighted by Gasteiger charge is -2.26. The van der Waals surface area contributed by atoms with Gasteiger partial charge in [-0.2, -0.15) is 0 Å². The summed E-state index contributed by atoms with van der Waals surface area (Å²) in [6.07, 6.45) is 0.344. The molecule has 2 aromatic rings. The highest BCUT2D eigenvalue weighted by atomic mass is 19.2. The predicted octanol–water partition coefficient (Wildman–Crippen LogP) is 4.77. The molecule has 2 rings (SSSR count). The van der Waals surface area contributed by atoms with Gasteiger partial charge in [0, 0.05) is 12.0 Å². The molecule has 0 aliphatic heterocycles. The van der Waals surface area contributed by atoms with E-state index in [1.807, 2.05) is 36.4 Å². The fraction of sp³-hybridized carbons (Fsp3) is 0.375. The minimum atomic E-state index is -1.60. The highest BCUT2D eigenvalue weighted by Gasteiger charge is 2.23. The van der Waals surface area contributed by atoms with E-state index < -0.39 is 12.8 Å². The number of halogens is 2. The van der Waals surface area contributed by atoms with Crippen LogP contribution in [0.3, 0.4) is 0 Å². The summed E-state index contributed by atoms with van der Waals surface area (Å²) in [6, 6.07) is 15.3. The molecule has 1 N–H and O–H groups in total. The summed E-state index contributed by atoms with van der Waals surface area (Å²) in [5.41, 5.74) is 1.93. The highest BCUT2D eigenvalue weighted by molar-refractivity contribution is 5.86. The average molecular weight is 417 g/mol. The van der Waals surface area contributed by atoms with E-state index in [-0.39, 0.29) is 17.9 Å². The van der Waals surface area contributed by atoms with Crippen molar-refractivity contribution < 1.29 is 23.0 Å². The van der Waals surface area contributed by atoms with Crippen LogP contribution >= 0.6 is 0 Å². The van der Waals surface area contributed by atoms with Crippen molar-refractivity contribution in [2.24, 2.45) is 0 Å². The smallest absolute Gasteiger partial charge is 0.243 e. The Morgan fingerprint density at radius 2 is 1.60 bits per heavy atom. The van der Waals surface area contributed by atoms with Crippen LogP contribution in [-0.4, -0.2) is 38.5 Å². The van der Waals surface area contributed by atoms with Crippen molar-refractivity contribution in [1.82, 2.24) is 5.32 Å². The Kier molecular flexibility index (Phi) is 8.84. The number of hydrogen-bond acceptors (Lipinski definition) is 3. The number of ether oxygens (including phenoxy) is 2. The maximum Gasteiger partial charge on any atom is 0.243 e. The Morgan fingerprint density at radius 1 is 1.07 bits per heavy atom. The fourth-order valence-corrected chi connectivity index (χ4v) is 2.88. The molecular formula is C24H29F2NO3. The van der Waals surface area contributed by atoms with E-state index in [9.17, 15) is 13.6 Å². The fourth-order valence-electron chi connectivity index (χ4n) is 2.88. The van der Waals surface area contributed by atoms with E-state index in [2.05, 4.69) is 25.7 Å². The molecule has 0 bridgehead atoms. The van der Waals surface area contributed by atoms with Crippen LogP contribution in [0, 0.1) is 0 Å². The van der Waals surface area contributed by atoms with E-state index in [0.717, 1.165) is 16.9 Å². The molecule has 0 aliphatic carbocycles. The van der Waals surface area contributed by atoms with Gasteiger partial charge < -0.3 is 14.8 Å². The molecule has 0 fully saturated rings. The zero-order valence-corrected chi connectivity index (χ0v) is 17.5. The second-order valence-electron chi connectivity index (χ2n) is 7.43. The Morgan fingerprint density at radius 3 is 2.10 bits per heavy atom. The van der Waals surface area contributed by atoms with Crippen molar-refractivity contribution in [2.45, 2.75) is 31.9 Å². The number of hydrogen-bond donors (Lipinski definition) is 1. The minimum Gasteiger partial charge on any atom is -0.494 e. The third kappa shape index (κ3) is 6.87. The lowest BCUT2D eigenvalue weighted by molar-refractivity contribution is -0.116. The summed E-state index contributed by atoms with van der Waals surface area (Å²) < 4.78 is 36.1. The van der Waals surface area contributed by atoms with Crippen LogP contribution in [0.1, 0.15) is 31.4 Å². The van der Waals surface area contributed by atoms with Crippen molar-refractivity contribution in [2.75, 3.05) is 26.4 Å². The van der Waals surface area contributed by atoms with Crippen LogP contribution in [0.25, 0.3) is 0 Å². The normalized spacial score (nSPS) is 12.1. The van der Waals surface area contributed by atoms with Gasteiger partial charge in [-0.15, -0.1) is 0 Å². The van der Waals surface area contributed by atoms with Gasteiger partial charge in [0.15, 0.2) is 6.17 Å².